The number of nitrogens with zero attached hydrogens (tertiary/aromatic N) is 4. The van der Waals surface area contributed by atoms with Crippen molar-refractivity contribution in [1.82, 2.24) is 35.1 Å². The summed E-state index contributed by atoms with van der Waals surface area (Å²) in [5, 5.41) is 10.5. The van der Waals surface area contributed by atoms with Crippen molar-refractivity contribution < 1.29 is 14.0 Å². The number of hydrogen-bond acceptors (Lipinski definition) is 5. The number of piperidine rings is 1. The van der Waals surface area contributed by atoms with Gasteiger partial charge in [-0.3, -0.25) is 9.59 Å². The first-order valence-corrected chi connectivity index (χ1v) is 16.7. The molecule has 1 saturated heterocycles. The maximum Gasteiger partial charge on any atom is 0.254 e. The minimum absolute atomic E-state index is 0.00873. The van der Waals surface area contributed by atoms with Crippen molar-refractivity contribution in [3.05, 3.63) is 47.4 Å². The van der Waals surface area contributed by atoms with Crippen LogP contribution < -0.4 is 16.0 Å². The lowest BCUT2D eigenvalue weighted by Gasteiger charge is -2.26. The summed E-state index contributed by atoms with van der Waals surface area (Å²) < 4.78 is 20.0. The van der Waals surface area contributed by atoms with Gasteiger partial charge in [-0.05, 0) is 76.3 Å². The summed E-state index contributed by atoms with van der Waals surface area (Å²) in [5.74, 6) is -0.0811. The van der Waals surface area contributed by atoms with E-state index in [1.165, 1.54) is 6.07 Å². The van der Waals surface area contributed by atoms with E-state index in [4.69, 9.17) is 9.97 Å². The minimum Gasteiger partial charge on any atom is -0.348 e. The molecule has 2 bridgehead atoms. The minimum atomic E-state index is -0.523. The molecule has 2 amide bonds. The Bertz CT molecular complexity index is 1760. The normalized spacial score (nSPS) is 22.8. The Morgan fingerprint density at radius 2 is 1.87 bits per heavy atom. The van der Waals surface area contributed by atoms with E-state index < -0.39 is 17.1 Å². The number of halogens is 1. The lowest BCUT2D eigenvalue weighted by atomic mass is 9.85. The summed E-state index contributed by atoms with van der Waals surface area (Å²) in [4.78, 5) is 36.5. The van der Waals surface area contributed by atoms with Crippen molar-refractivity contribution in [2.45, 2.75) is 103 Å². The quantitative estimate of drug-likeness (QED) is 0.255. The van der Waals surface area contributed by atoms with Gasteiger partial charge in [0.15, 0.2) is 5.82 Å². The molecule has 1 saturated carbocycles. The lowest BCUT2D eigenvalue weighted by molar-refractivity contribution is -0.130. The smallest absolute Gasteiger partial charge is 0.254 e. The number of hydrogen-bond donors (Lipinski definition) is 3. The van der Waals surface area contributed by atoms with Crippen molar-refractivity contribution in [3.8, 4) is 11.5 Å². The molecule has 3 aliphatic rings. The zero-order chi connectivity index (χ0) is 31.3. The Hall–Kier alpha value is -3.79. The zero-order valence-electron chi connectivity index (χ0n) is 26.6. The van der Waals surface area contributed by atoms with Crippen molar-refractivity contribution in [2.24, 2.45) is 5.41 Å². The van der Waals surface area contributed by atoms with E-state index >= 15 is 4.39 Å². The Labute approximate surface area is 263 Å². The van der Waals surface area contributed by atoms with E-state index in [1.807, 2.05) is 26.8 Å². The number of carbonyl (C=O) groups excluding carboxylic acids is 2. The molecule has 9 nitrogen and oxygen atoms in total. The van der Waals surface area contributed by atoms with Crippen LogP contribution in [-0.4, -0.2) is 50.0 Å². The summed E-state index contributed by atoms with van der Waals surface area (Å²) in [5.41, 5.74) is 3.57. The number of amides is 2. The van der Waals surface area contributed by atoms with E-state index in [0.29, 0.717) is 17.6 Å². The number of benzene rings is 1. The lowest BCUT2D eigenvalue weighted by Crippen LogP contribution is -2.45. The van der Waals surface area contributed by atoms with Gasteiger partial charge in [0.1, 0.15) is 11.5 Å². The molecule has 1 aliphatic carbocycles. The van der Waals surface area contributed by atoms with Gasteiger partial charge in [0.25, 0.3) is 5.91 Å². The molecule has 0 spiro atoms. The number of nitrogens with one attached hydrogen (secondary N) is 3. The second kappa shape index (κ2) is 11.9. The number of pyridine rings is 1. The molecule has 238 valence electrons. The summed E-state index contributed by atoms with van der Waals surface area (Å²) in [7, 11) is 0. The van der Waals surface area contributed by atoms with E-state index in [9.17, 15) is 9.59 Å². The van der Waals surface area contributed by atoms with Crippen LogP contribution in [0.4, 0.5) is 4.39 Å². The first kappa shape index (κ1) is 29.9. The third-order valence-electron chi connectivity index (χ3n) is 9.90. The Morgan fingerprint density at radius 1 is 1.04 bits per heavy atom. The van der Waals surface area contributed by atoms with Gasteiger partial charge in [-0.25, -0.2) is 14.4 Å². The van der Waals surface area contributed by atoms with E-state index in [2.05, 4.69) is 37.2 Å². The van der Waals surface area contributed by atoms with Gasteiger partial charge >= 0.3 is 0 Å². The fraction of sp³-hybridized carbons (Fsp3) is 0.543. The second-order valence-electron chi connectivity index (χ2n) is 13.9. The zero-order valence-corrected chi connectivity index (χ0v) is 26.6. The molecule has 2 atom stereocenters. The molecular formula is C35H44FN7O2. The monoisotopic (exact) mass is 613 g/mol. The van der Waals surface area contributed by atoms with Crippen LogP contribution >= 0.6 is 0 Å². The predicted octanol–water partition coefficient (Wildman–Crippen LogP) is 6.18. The first-order valence-electron chi connectivity index (χ1n) is 16.7. The molecule has 1 aromatic carbocycles. The molecule has 4 aromatic rings. The molecule has 3 N–H and O–H groups in total. The van der Waals surface area contributed by atoms with Crippen LogP contribution in [0.5, 0.6) is 0 Å². The standard InChI is InChI=1S/C35H44FN7O2/c1-21-27-13-10-22-17-30(42(31(22)40-27)16-7-5-4-6-14-35(2,3)34(45)38-21)32-41-28-18-25(33(44)39-23-9-8-15-37-20-23)26(36)19-29(28)43(32)24-11-12-24/h10,13,17-19,21,23-24,37H,4-9,11-12,14-16,20H2,1-3H3,(H,38,45)(H,39,44)/t21-,23-/m1/s1. The van der Waals surface area contributed by atoms with E-state index in [1.54, 1.807) is 6.07 Å². The van der Waals surface area contributed by atoms with Gasteiger partial charge < -0.3 is 25.1 Å². The first-order chi connectivity index (χ1) is 21.7. The van der Waals surface area contributed by atoms with Crippen LogP contribution in [0.2, 0.25) is 0 Å². The molecule has 0 radical (unpaired) electrons. The van der Waals surface area contributed by atoms with Crippen LogP contribution in [-0.2, 0) is 11.3 Å². The SMILES string of the molecule is C[C@H]1NC(=O)C(C)(C)CCCCCCn2c(-c3nc4cc(C(=O)N[C@@H]5CCCNC5)c(F)cc4n3C3CC3)cc3ccc1nc32. The second-order valence-corrected chi connectivity index (χ2v) is 13.9. The molecular weight excluding hydrogens is 569 g/mol. The average Bonchev–Trinajstić information content (AvgIpc) is 3.70. The predicted molar refractivity (Wildman–Crippen MR) is 173 cm³/mol. The van der Waals surface area contributed by atoms with Gasteiger partial charge in [0.2, 0.25) is 5.91 Å². The third kappa shape index (κ3) is 5.85. The fourth-order valence-corrected chi connectivity index (χ4v) is 6.98. The van der Waals surface area contributed by atoms with Crippen LogP contribution in [0.25, 0.3) is 33.6 Å². The third-order valence-corrected chi connectivity index (χ3v) is 9.90. The number of imidazole rings is 1. The summed E-state index contributed by atoms with van der Waals surface area (Å²) >= 11 is 0. The van der Waals surface area contributed by atoms with Gasteiger partial charge in [0.05, 0.1) is 34.0 Å². The van der Waals surface area contributed by atoms with Crippen LogP contribution in [0.3, 0.4) is 0 Å². The number of aromatic nitrogens is 4. The Kier molecular flexibility index (Phi) is 7.88. The Balaban J connectivity index is 1.30. The molecule has 7 rings (SSSR count). The molecule has 45 heavy (non-hydrogen) atoms. The molecule has 3 aromatic heterocycles. The van der Waals surface area contributed by atoms with Crippen molar-refractivity contribution >= 4 is 33.9 Å². The van der Waals surface area contributed by atoms with E-state index in [-0.39, 0.29) is 29.6 Å². The highest BCUT2D eigenvalue weighted by Crippen LogP contribution is 2.43. The molecule has 10 heteroatoms. The highest BCUT2D eigenvalue weighted by molar-refractivity contribution is 5.98. The number of aryl methyl sites for hydroxylation is 1. The molecule has 5 heterocycles. The summed E-state index contributed by atoms with van der Waals surface area (Å²) in [6.45, 7) is 8.45. The van der Waals surface area contributed by atoms with Crippen LogP contribution in [0.15, 0.2) is 30.3 Å². The van der Waals surface area contributed by atoms with Crippen molar-refractivity contribution in [2.75, 3.05) is 13.1 Å². The number of carbonyl (C=O) groups is 2. The molecule has 2 aliphatic heterocycles. The number of fused-ring (bicyclic) bond motifs is 2. The molecule has 2 fully saturated rings. The van der Waals surface area contributed by atoms with Gasteiger partial charge in [0, 0.05) is 42.0 Å². The van der Waals surface area contributed by atoms with Crippen LogP contribution in [0.1, 0.15) is 107 Å². The maximum absolute atomic E-state index is 15.6. The number of rotatable bonds is 4. The van der Waals surface area contributed by atoms with Gasteiger partial charge in [-0.2, -0.15) is 0 Å². The largest absolute Gasteiger partial charge is 0.348 e. The molecule has 0 unspecified atom stereocenters. The highest BCUT2D eigenvalue weighted by Gasteiger charge is 2.32. The van der Waals surface area contributed by atoms with Crippen molar-refractivity contribution in [3.63, 3.8) is 0 Å². The topological polar surface area (TPSA) is 106 Å². The van der Waals surface area contributed by atoms with Crippen molar-refractivity contribution in [1.29, 1.82) is 0 Å². The fourth-order valence-electron chi connectivity index (χ4n) is 6.98. The summed E-state index contributed by atoms with van der Waals surface area (Å²) in [6.07, 6.45) is 8.81. The van der Waals surface area contributed by atoms with E-state index in [0.717, 1.165) is 99.1 Å². The Morgan fingerprint density at radius 3 is 2.64 bits per heavy atom. The maximum atomic E-state index is 15.6. The highest BCUT2D eigenvalue weighted by atomic mass is 19.1. The average molecular weight is 614 g/mol. The van der Waals surface area contributed by atoms with Gasteiger partial charge in [-0.1, -0.05) is 33.1 Å². The summed E-state index contributed by atoms with van der Waals surface area (Å²) in [6, 6.07) is 9.31. The van der Waals surface area contributed by atoms with Crippen LogP contribution in [0, 0.1) is 11.2 Å². The van der Waals surface area contributed by atoms with Gasteiger partial charge in [-0.15, -0.1) is 0 Å².